The van der Waals surface area contributed by atoms with E-state index in [2.05, 4.69) is 9.88 Å². The quantitative estimate of drug-likeness (QED) is 0.147. The van der Waals surface area contributed by atoms with E-state index in [1.165, 1.54) is 24.0 Å². The maximum Gasteiger partial charge on any atom is 0.416 e. The third kappa shape index (κ3) is 7.01. The molecule has 0 saturated carbocycles. The van der Waals surface area contributed by atoms with Crippen LogP contribution in [0.15, 0.2) is 53.6 Å². The zero-order valence-corrected chi connectivity index (χ0v) is 23.5. The number of pyridine rings is 1. The Balaban J connectivity index is 1.37. The van der Waals surface area contributed by atoms with Gasteiger partial charge in [0.15, 0.2) is 0 Å². The first-order chi connectivity index (χ1) is 19.1. The van der Waals surface area contributed by atoms with E-state index in [4.69, 9.17) is 16.3 Å². The van der Waals surface area contributed by atoms with Crippen LogP contribution in [0.1, 0.15) is 42.9 Å². The number of ether oxygens (including phenoxy) is 1. The summed E-state index contributed by atoms with van der Waals surface area (Å²) in [5.74, 6) is 0.695. The van der Waals surface area contributed by atoms with Gasteiger partial charge in [-0.25, -0.2) is 5.48 Å². The van der Waals surface area contributed by atoms with E-state index in [9.17, 15) is 28.3 Å². The van der Waals surface area contributed by atoms with Gasteiger partial charge in [0, 0.05) is 34.3 Å². The molecular weight excluding hydrogens is 567 g/mol. The van der Waals surface area contributed by atoms with Crippen LogP contribution in [-0.4, -0.2) is 58.6 Å². The number of nitrogens with zero attached hydrogens (tertiary/aromatic N) is 2. The largest absolute Gasteiger partial charge is 0.497 e. The maximum absolute atomic E-state index is 13.0. The molecule has 12 heteroatoms. The Morgan fingerprint density at radius 2 is 2.00 bits per heavy atom. The number of aliphatic hydroxyl groups is 1. The molecule has 1 aromatic heterocycles. The Kier molecular flexibility index (Phi) is 9.84. The molecule has 0 spiro atoms. The third-order valence-electron chi connectivity index (χ3n) is 7.53. The van der Waals surface area contributed by atoms with Crippen molar-refractivity contribution in [2.24, 2.45) is 5.41 Å². The Morgan fingerprint density at radius 1 is 1.25 bits per heavy atom. The number of thioether (sulfide) groups is 1. The lowest BCUT2D eigenvalue weighted by Crippen LogP contribution is -2.48. The van der Waals surface area contributed by atoms with Crippen LogP contribution in [0.5, 0.6) is 5.75 Å². The number of alkyl halides is 3. The Hall–Kier alpha value is -2.57. The van der Waals surface area contributed by atoms with E-state index < -0.39 is 29.2 Å². The first kappa shape index (κ1) is 30.4. The number of aliphatic hydroxyl groups excluding tert-OH is 1. The van der Waals surface area contributed by atoms with Crippen LogP contribution in [0.2, 0.25) is 5.02 Å². The molecule has 2 aromatic carbocycles. The fourth-order valence-corrected chi connectivity index (χ4v) is 6.41. The van der Waals surface area contributed by atoms with Gasteiger partial charge in [-0.3, -0.25) is 15.0 Å². The number of piperidine rings is 1. The summed E-state index contributed by atoms with van der Waals surface area (Å²) in [5, 5.41) is 21.6. The van der Waals surface area contributed by atoms with Crippen LogP contribution < -0.4 is 10.2 Å². The van der Waals surface area contributed by atoms with Crippen LogP contribution >= 0.6 is 23.4 Å². The molecule has 40 heavy (non-hydrogen) atoms. The zero-order chi connectivity index (χ0) is 28.9. The Morgan fingerprint density at radius 3 is 2.67 bits per heavy atom. The summed E-state index contributed by atoms with van der Waals surface area (Å²) in [4.78, 5) is 19.8. The van der Waals surface area contributed by atoms with Crippen LogP contribution in [-0.2, 0) is 11.0 Å². The number of aromatic nitrogens is 1. The van der Waals surface area contributed by atoms with Gasteiger partial charge in [0.1, 0.15) is 5.75 Å². The second-order valence-corrected chi connectivity index (χ2v) is 11.5. The summed E-state index contributed by atoms with van der Waals surface area (Å²) in [6, 6.07) is 10.6. The van der Waals surface area contributed by atoms with Crippen molar-refractivity contribution >= 4 is 40.2 Å². The molecule has 216 valence electrons. The van der Waals surface area contributed by atoms with E-state index in [0.717, 1.165) is 12.1 Å². The molecular formula is C28H31ClF3N3O4S. The molecule has 3 N–H and O–H groups in total. The van der Waals surface area contributed by atoms with E-state index in [1.807, 2.05) is 0 Å². The molecule has 2 heterocycles. The van der Waals surface area contributed by atoms with Gasteiger partial charge in [0.05, 0.1) is 34.7 Å². The maximum atomic E-state index is 13.0. The van der Waals surface area contributed by atoms with Crippen LogP contribution in [0.4, 0.5) is 13.2 Å². The lowest BCUT2D eigenvalue weighted by atomic mass is 9.73. The first-order valence-electron chi connectivity index (χ1n) is 12.8. The number of carbonyl (C=O) groups is 1. The number of carbonyl (C=O) groups excluding carboxylic acids is 1. The van der Waals surface area contributed by atoms with Crippen molar-refractivity contribution in [3.63, 3.8) is 0 Å². The molecule has 0 radical (unpaired) electrons. The van der Waals surface area contributed by atoms with Crippen molar-refractivity contribution in [3.8, 4) is 5.75 Å². The summed E-state index contributed by atoms with van der Waals surface area (Å²) < 4.78 is 44.2. The number of rotatable bonds is 10. The van der Waals surface area contributed by atoms with Crippen LogP contribution in [0.25, 0.3) is 10.9 Å². The number of nitrogens with one attached hydrogen (secondary N) is 1. The van der Waals surface area contributed by atoms with E-state index in [0.29, 0.717) is 76.8 Å². The standard InChI is InChI=1S/C28H31ClF3N3O4S/c1-39-19-5-6-23-21(16-19)25(22(29)17-33-23)24(36)7-8-27(26(37)34-38)9-11-35(12-10-27)13-14-40-20-4-2-3-18(15-20)28(30,31)32/h2-6,15-17,24,36,38H,7-14H2,1H3,(H,34,37)/t24-/m1/s1. The number of likely N-dealkylation sites (tertiary alicyclic amines) is 1. The highest BCUT2D eigenvalue weighted by Gasteiger charge is 2.41. The fraction of sp³-hybridized carbons (Fsp3) is 0.429. The number of fused-ring (bicyclic) bond motifs is 1. The van der Waals surface area contributed by atoms with Crippen molar-refractivity contribution in [2.75, 3.05) is 32.5 Å². The fourth-order valence-electron chi connectivity index (χ4n) is 5.16. The van der Waals surface area contributed by atoms with Crippen molar-refractivity contribution in [2.45, 2.75) is 42.9 Å². The number of benzene rings is 2. The Bertz CT molecular complexity index is 1340. The minimum absolute atomic E-state index is 0.231. The SMILES string of the molecule is COc1ccc2ncc(Cl)c([C@H](O)CCC3(C(=O)NO)CCN(CCSc4cccc(C(F)(F)F)c4)CC3)c2c1. The van der Waals surface area contributed by atoms with Gasteiger partial charge in [-0.15, -0.1) is 11.8 Å². The van der Waals surface area contributed by atoms with Gasteiger partial charge in [0.25, 0.3) is 0 Å². The number of amides is 1. The smallest absolute Gasteiger partial charge is 0.416 e. The number of hydrogen-bond donors (Lipinski definition) is 3. The van der Waals surface area contributed by atoms with Crippen molar-refractivity contribution in [3.05, 3.63) is 64.8 Å². The lowest BCUT2D eigenvalue weighted by Gasteiger charge is -2.40. The van der Waals surface area contributed by atoms with Gasteiger partial charge >= 0.3 is 6.18 Å². The minimum Gasteiger partial charge on any atom is -0.497 e. The molecule has 1 atom stereocenters. The second-order valence-electron chi connectivity index (χ2n) is 9.89. The van der Waals surface area contributed by atoms with E-state index in [-0.39, 0.29) is 6.42 Å². The predicted octanol–water partition coefficient (Wildman–Crippen LogP) is 6.11. The van der Waals surface area contributed by atoms with Crippen LogP contribution in [0.3, 0.4) is 0 Å². The molecule has 1 saturated heterocycles. The van der Waals surface area contributed by atoms with Crippen LogP contribution in [0, 0.1) is 5.41 Å². The summed E-state index contributed by atoms with van der Waals surface area (Å²) in [5.41, 5.74) is 1.41. The van der Waals surface area contributed by atoms with Crippen molar-refractivity contribution in [1.29, 1.82) is 0 Å². The topological polar surface area (TPSA) is 94.9 Å². The van der Waals surface area contributed by atoms with Crippen molar-refractivity contribution < 1.29 is 33.0 Å². The van der Waals surface area contributed by atoms with E-state index >= 15 is 0 Å². The van der Waals surface area contributed by atoms with Gasteiger partial charge in [0.2, 0.25) is 5.91 Å². The molecule has 3 aromatic rings. The summed E-state index contributed by atoms with van der Waals surface area (Å²) >= 11 is 7.79. The first-order valence-corrected chi connectivity index (χ1v) is 14.2. The molecule has 1 aliphatic heterocycles. The third-order valence-corrected chi connectivity index (χ3v) is 8.81. The van der Waals surface area contributed by atoms with Crippen molar-refractivity contribution in [1.82, 2.24) is 15.4 Å². The highest BCUT2D eigenvalue weighted by atomic mass is 35.5. The highest BCUT2D eigenvalue weighted by molar-refractivity contribution is 7.99. The highest BCUT2D eigenvalue weighted by Crippen LogP contribution is 2.41. The molecule has 7 nitrogen and oxygen atoms in total. The molecule has 0 unspecified atom stereocenters. The number of halogens is 4. The summed E-state index contributed by atoms with van der Waals surface area (Å²) in [6.07, 6.45) is -2.41. The summed E-state index contributed by atoms with van der Waals surface area (Å²) in [6.45, 7) is 1.78. The van der Waals surface area contributed by atoms with Gasteiger partial charge in [-0.1, -0.05) is 17.7 Å². The molecule has 1 amide bonds. The number of hydroxylamine groups is 1. The predicted molar refractivity (Wildman–Crippen MR) is 148 cm³/mol. The average molecular weight is 598 g/mol. The molecule has 4 rings (SSSR count). The molecule has 1 fully saturated rings. The minimum atomic E-state index is -4.38. The molecule has 0 aliphatic carbocycles. The molecule has 0 bridgehead atoms. The number of hydrogen-bond acceptors (Lipinski definition) is 7. The molecule has 1 aliphatic rings. The zero-order valence-electron chi connectivity index (χ0n) is 21.9. The van der Waals surface area contributed by atoms with Gasteiger partial charge < -0.3 is 14.7 Å². The van der Waals surface area contributed by atoms with E-state index in [1.54, 1.807) is 36.9 Å². The van der Waals surface area contributed by atoms with Gasteiger partial charge in [-0.05, 0) is 75.2 Å². The summed E-state index contributed by atoms with van der Waals surface area (Å²) in [7, 11) is 1.54. The number of methoxy groups -OCH3 is 1. The lowest BCUT2D eigenvalue weighted by molar-refractivity contribution is -0.143. The Labute approximate surface area is 239 Å². The average Bonchev–Trinajstić information content (AvgIpc) is 2.95. The monoisotopic (exact) mass is 597 g/mol. The van der Waals surface area contributed by atoms with Gasteiger partial charge in [-0.2, -0.15) is 13.2 Å². The normalized spacial score (nSPS) is 16.6. The second kappa shape index (κ2) is 12.9.